The van der Waals surface area contributed by atoms with E-state index in [2.05, 4.69) is 72.8 Å². The molecule has 0 N–H and O–H groups in total. The molecule has 18 heavy (non-hydrogen) atoms. The maximum atomic E-state index is 2.27. The Labute approximate surface area is 108 Å². The fourth-order valence-electron chi connectivity index (χ4n) is 2.49. The highest BCUT2D eigenvalue weighted by atomic mass is 14.2. The summed E-state index contributed by atoms with van der Waals surface area (Å²) in [4.78, 5) is 0. The van der Waals surface area contributed by atoms with Crippen molar-refractivity contribution in [3.8, 4) is 0 Å². The summed E-state index contributed by atoms with van der Waals surface area (Å²) in [6, 6.07) is 21.4. The van der Waals surface area contributed by atoms with E-state index in [1.165, 1.54) is 22.3 Å². The molecule has 0 saturated heterocycles. The number of hydrogen-bond donors (Lipinski definition) is 0. The van der Waals surface area contributed by atoms with E-state index in [1.807, 2.05) is 0 Å². The smallest absolute Gasteiger partial charge is 0.0149 e. The van der Waals surface area contributed by atoms with E-state index in [0.717, 1.165) is 12.8 Å². The van der Waals surface area contributed by atoms with Crippen LogP contribution < -0.4 is 0 Å². The van der Waals surface area contributed by atoms with Crippen LogP contribution in [0.15, 0.2) is 72.8 Å². The minimum atomic E-state index is 1.13. The molecule has 0 unspecified atom stereocenters. The molecule has 0 amide bonds. The van der Waals surface area contributed by atoms with Gasteiger partial charge in [-0.3, -0.25) is 0 Å². The fourth-order valence-corrected chi connectivity index (χ4v) is 2.49. The highest BCUT2D eigenvalue weighted by Crippen LogP contribution is 2.33. The lowest BCUT2D eigenvalue weighted by atomic mass is 9.88. The van der Waals surface area contributed by atoms with Gasteiger partial charge in [-0.15, -0.1) is 0 Å². The van der Waals surface area contributed by atoms with Crippen LogP contribution in [0.1, 0.15) is 24.0 Å². The molecule has 0 nitrogen and oxygen atoms in total. The minimum absolute atomic E-state index is 1.13. The van der Waals surface area contributed by atoms with Crippen molar-refractivity contribution in [2.24, 2.45) is 0 Å². The summed E-state index contributed by atoms with van der Waals surface area (Å²) in [7, 11) is 0. The van der Waals surface area contributed by atoms with Crippen molar-refractivity contribution in [1.29, 1.82) is 0 Å². The SMILES string of the molecule is C1=CC(c2ccccc2)=C(c2ccccc2)CC1. The second kappa shape index (κ2) is 5.05. The summed E-state index contributed by atoms with van der Waals surface area (Å²) in [5.41, 5.74) is 5.49. The zero-order valence-corrected chi connectivity index (χ0v) is 10.3. The van der Waals surface area contributed by atoms with Crippen molar-refractivity contribution >= 4 is 11.1 Å². The van der Waals surface area contributed by atoms with Crippen LogP contribution in [-0.2, 0) is 0 Å². The van der Waals surface area contributed by atoms with Gasteiger partial charge >= 0.3 is 0 Å². The standard InChI is InChI=1S/C18H16/c1-3-9-15(10-4-1)17-13-7-8-14-18(17)16-11-5-2-6-12-16/h1-7,9-13H,8,14H2. The molecule has 2 aromatic carbocycles. The van der Waals surface area contributed by atoms with Crippen molar-refractivity contribution in [3.05, 3.63) is 83.9 Å². The van der Waals surface area contributed by atoms with Gasteiger partial charge in [-0.05, 0) is 35.1 Å². The summed E-state index contributed by atoms with van der Waals surface area (Å²) in [6.45, 7) is 0. The van der Waals surface area contributed by atoms with Crippen molar-refractivity contribution in [2.45, 2.75) is 12.8 Å². The molecule has 0 aromatic heterocycles. The van der Waals surface area contributed by atoms with Gasteiger partial charge in [0.25, 0.3) is 0 Å². The van der Waals surface area contributed by atoms with Crippen molar-refractivity contribution in [1.82, 2.24) is 0 Å². The van der Waals surface area contributed by atoms with E-state index >= 15 is 0 Å². The predicted molar refractivity (Wildman–Crippen MR) is 78.1 cm³/mol. The Morgan fingerprint density at radius 1 is 0.667 bits per heavy atom. The normalized spacial score (nSPS) is 14.9. The summed E-state index contributed by atoms with van der Waals surface area (Å²) >= 11 is 0. The van der Waals surface area contributed by atoms with E-state index in [1.54, 1.807) is 0 Å². The van der Waals surface area contributed by atoms with Gasteiger partial charge in [0.05, 0.1) is 0 Å². The molecule has 0 spiro atoms. The molecule has 0 aliphatic heterocycles. The summed E-state index contributed by atoms with van der Waals surface area (Å²) < 4.78 is 0. The van der Waals surface area contributed by atoms with Gasteiger partial charge in [0.15, 0.2) is 0 Å². The van der Waals surface area contributed by atoms with Crippen LogP contribution >= 0.6 is 0 Å². The van der Waals surface area contributed by atoms with Crippen molar-refractivity contribution in [3.63, 3.8) is 0 Å². The average molecular weight is 232 g/mol. The molecule has 2 aromatic rings. The number of rotatable bonds is 2. The molecule has 1 aliphatic rings. The second-order valence-corrected chi connectivity index (χ2v) is 4.57. The highest BCUT2D eigenvalue weighted by molar-refractivity contribution is 5.96. The van der Waals surface area contributed by atoms with Gasteiger partial charge in [-0.25, -0.2) is 0 Å². The van der Waals surface area contributed by atoms with Crippen LogP contribution in [-0.4, -0.2) is 0 Å². The van der Waals surface area contributed by atoms with Crippen molar-refractivity contribution in [2.75, 3.05) is 0 Å². The first kappa shape index (κ1) is 11.0. The topological polar surface area (TPSA) is 0 Å². The van der Waals surface area contributed by atoms with Crippen LogP contribution in [0, 0.1) is 0 Å². The third-order valence-electron chi connectivity index (χ3n) is 3.38. The Morgan fingerprint density at radius 3 is 1.94 bits per heavy atom. The predicted octanol–water partition coefficient (Wildman–Crippen LogP) is 4.95. The van der Waals surface area contributed by atoms with Crippen molar-refractivity contribution < 1.29 is 0 Å². The Morgan fingerprint density at radius 2 is 1.28 bits per heavy atom. The third kappa shape index (κ3) is 2.14. The molecule has 0 radical (unpaired) electrons. The lowest BCUT2D eigenvalue weighted by molar-refractivity contribution is 1.06. The Kier molecular flexibility index (Phi) is 3.10. The van der Waals surface area contributed by atoms with Gasteiger partial charge in [0, 0.05) is 0 Å². The molecular formula is C18H16. The highest BCUT2D eigenvalue weighted by Gasteiger charge is 2.11. The molecule has 0 fully saturated rings. The summed E-state index contributed by atoms with van der Waals surface area (Å²) in [6.07, 6.45) is 6.81. The maximum absolute atomic E-state index is 2.27. The summed E-state index contributed by atoms with van der Waals surface area (Å²) in [5, 5.41) is 0. The van der Waals surface area contributed by atoms with Gasteiger partial charge in [-0.1, -0.05) is 72.8 Å². The second-order valence-electron chi connectivity index (χ2n) is 4.57. The fraction of sp³-hybridized carbons (Fsp3) is 0.111. The molecule has 1 aliphatic carbocycles. The van der Waals surface area contributed by atoms with E-state index in [-0.39, 0.29) is 0 Å². The third-order valence-corrected chi connectivity index (χ3v) is 3.38. The molecular weight excluding hydrogens is 216 g/mol. The Balaban J connectivity index is 2.13. The van der Waals surface area contributed by atoms with Crippen LogP contribution in [0.5, 0.6) is 0 Å². The molecule has 0 atom stereocenters. The van der Waals surface area contributed by atoms with Gasteiger partial charge < -0.3 is 0 Å². The first-order chi connectivity index (χ1) is 8.95. The average Bonchev–Trinajstić information content (AvgIpc) is 2.49. The molecule has 0 bridgehead atoms. The number of allylic oxidation sites excluding steroid dienone is 4. The first-order valence-corrected chi connectivity index (χ1v) is 6.46. The zero-order chi connectivity index (χ0) is 12.2. The zero-order valence-electron chi connectivity index (χ0n) is 10.3. The molecule has 3 rings (SSSR count). The van der Waals surface area contributed by atoms with Gasteiger partial charge in [0.2, 0.25) is 0 Å². The minimum Gasteiger partial charge on any atom is -0.0836 e. The van der Waals surface area contributed by atoms with E-state index in [9.17, 15) is 0 Å². The van der Waals surface area contributed by atoms with Crippen LogP contribution in [0.25, 0.3) is 11.1 Å². The summed E-state index contributed by atoms with van der Waals surface area (Å²) in [5.74, 6) is 0. The first-order valence-electron chi connectivity index (χ1n) is 6.46. The van der Waals surface area contributed by atoms with Crippen LogP contribution in [0.2, 0.25) is 0 Å². The molecule has 0 heteroatoms. The maximum Gasteiger partial charge on any atom is -0.0149 e. The lowest BCUT2D eigenvalue weighted by Crippen LogP contribution is -1.94. The quantitative estimate of drug-likeness (QED) is 0.687. The van der Waals surface area contributed by atoms with Gasteiger partial charge in [0.1, 0.15) is 0 Å². The van der Waals surface area contributed by atoms with Crippen LogP contribution in [0.4, 0.5) is 0 Å². The Hall–Kier alpha value is -2.08. The monoisotopic (exact) mass is 232 g/mol. The van der Waals surface area contributed by atoms with Crippen LogP contribution in [0.3, 0.4) is 0 Å². The van der Waals surface area contributed by atoms with E-state index < -0.39 is 0 Å². The van der Waals surface area contributed by atoms with Gasteiger partial charge in [-0.2, -0.15) is 0 Å². The Bertz CT molecular complexity index is 574. The lowest BCUT2D eigenvalue weighted by Gasteiger charge is -2.16. The largest absolute Gasteiger partial charge is 0.0836 e. The molecule has 88 valence electrons. The number of hydrogen-bond acceptors (Lipinski definition) is 0. The van der Waals surface area contributed by atoms with E-state index in [4.69, 9.17) is 0 Å². The van der Waals surface area contributed by atoms with E-state index in [0.29, 0.717) is 0 Å². The molecule has 0 saturated carbocycles. The molecule has 0 heterocycles. The number of benzene rings is 2.